The number of amides is 1. The first kappa shape index (κ1) is 25.9. The van der Waals surface area contributed by atoms with Crippen molar-refractivity contribution in [1.29, 1.82) is 0 Å². The summed E-state index contributed by atoms with van der Waals surface area (Å²) < 4.78 is 41.2. The molecule has 0 spiro atoms. The van der Waals surface area contributed by atoms with Crippen molar-refractivity contribution in [3.63, 3.8) is 0 Å². The van der Waals surface area contributed by atoms with Crippen molar-refractivity contribution < 1.29 is 17.6 Å². The summed E-state index contributed by atoms with van der Waals surface area (Å²) in [6.45, 7) is 7.41. The molecule has 180 valence electrons. The van der Waals surface area contributed by atoms with Crippen molar-refractivity contribution in [1.82, 2.24) is 9.62 Å². The van der Waals surface area contributed by atoms with Crippen LogP contribution in [-0.2, 0) is 21.4 Å². The van der Waals surface area contributed by atoms with Gasteiger partial charge >= 0.3 is 0 Å². The molecule has 0 aliphatic rings. The molecule has 3 rings (SSSR count). The minimum absolute atomic E-state index is 0.0184. The first-order chi connectivity index (χ1) is 16.0. The van der Waals surface area contributed by atoms with Crippen molar-refractivity contribution >= 4 is 27.5 Å². The molecule has 8 heteroatoms. The molecular formula is C26H28ClFN2O3S. The van der Waals surface area contributed by atoms with Crippen LogP contribution >= 0.6 is 11.6 Å². The van der Waals surface area contributed by atoms with Crippen molar-refractivity contribution in [3.8, 4) is 0 Å². The largest absolute Gasteiger partial charge is 0.348 e. The van der Waals surface area contributed by atoms with Gasteiger partial charge in [0.25, 0.3) is 0 Å². The van der Waals surface area contributed by atoms with Gasteiger partial charge in [0.1, 0.15) is 5.82 Å². The molecule has 0 saturated carbocycles. The fourth-order valence-electron chi connectivity index (χ4n) is 3.75. The molecule has 0 radical (unpaired) electrons. The maximum absolute atomic E-state index is 13.4. The van der Waals surface area contributed by atoms with E-state index in [1.54, 1.807) is 0 Å². The third-order valence-electron chi connectivity index (χ3n) is 5.77. The van der Waals surface area contributed by atoms with E-state index in [2.05, 4.69) is 11.4 Å². The zero-order chi connectivity index (χ0) is 25.0. The third-order valence-corrected chi connectivity index (χ3v) is 7.83. The number of rotatable bonds is 8. The van der Waals surface area contributed by atoms with Crippen LogP contribution in [0.15, 0.2) is 65.6 Å². The fourth-order valence-corrected chi connectivity index (χ4v) is 5.26. The summed E-state index contributed by atoms with van der Waals surface area (Å²) in [7, 11) is -4.02. The zero-order valence-corrected chi connectivity index (χ0v) is 21.2. The monoisotopic (exact) mass is 502 g/mol. The number of sulfonamides is 1. The summed E-state index contributed by atoms with van der Waals surface area (Å²) in [4.78, 5) is 13.0. The van der Waals surface area contributed by atoms with Crippen LogP contribution in [0.2, 0.25) is 5.02 Å². The number of carbonyl (C=O) groups excluding carboxylic acids is 1. The van der Waals surface area contributed by atoms with Gasteiger partial charge in [-0.25, -0.2) is 12.8 Å². The van der Waals surface area contributed by atoms with E-state index in [4.69, 9.17) is 11.6 Å². The Hall–Kier alpha value is -2.74. The summed E-state index contributed by atoms with van der Waals surface area (Å²) in [6, 6.07) is 15.1. The molecule has 0 fully saturated rings. The molecule has 0 heterocycles. The Labute approximate surface area is 205 Å². The van der Waals surface area contributed by atoms with Gasteiger partial charge < -0.3 is 5.32 Å². The predicted octanol–water partition coefficient (Wildman–Crippen LogP) is 5.47. The SMILES string of the molecule is Cc1cc(C)c([C@@H](C)NC(=O)CN(Cc2ccc(F)cc2)S(=O)(=O)c2ccc(Cl)cc2)cc1C. The molecule has 0 aromatic heterocycles. The summed E-state index contributed by atoms with van der Waals surface area (Å²) in [6.07, 6.45) is 0. The van der Waals surface area contributed by atoms with E-state index in [0.717, 1.165) is 21.0 Å². The molecule has 1 amide bonds. The molecular weight excluding hydrogens is 475 g/mol. The quantitative estimate of drug-likeness (QED) is 0.444. The highest BCUT2D eigenvalue weighted by molar-refractivity contribution is 7.89. The topological polar surface area (TPSA) is 66.5 Å². The Bertz CT molecular complexity index is 1280. The number of aryl methyl sites for hydroxylation is 3. The van der Waals surface area contributed by atoms with E-state index in [0.29, 0.717) is 10.6 Å². The molecule has 1 N–H and O–H groups in total. The number of benzene rings is 3. The lowest BCUT2D eigenvalue weighted by atomic mass is 9.96. The average Bonchev–Trinajstić information content (AvgIpc) is 2.77. The van der Waals surface area contributed by atoms with Gasteiger partial charge in [0.05, 0.1) is 17.5 Å². The van der Waals surface area contributed by atoms with Gasteiger partial charge in [-0.1, -0.05) is 35.9 Å². The summed E-state index contributed by atoms with van der Waals surface area (Å²) >= 11 is 5.91. The van der Waals surface area contributed by atoms with Gasteiger partial charge in [0.2, 0.25) is 15.9 Å². The smallest absolute Gasteiger partial charge is 0.243 e. The second-order valence-electron chi connectivity index (χ2n) is 8.44. The molecule has 0 aliphatic carbocycles. The predicted molar refractivity (Wildman–Crippen MR) is 133 cm³/mol. The Morgan fingerprint density at radius 1 is 0.971 bits per heavy atom. The number of hydrogen-bond acceptors (Lipinski definition) is 3. The van der Waals surface area contributed by atoms with E-state index in [-0.39, 0.29) is 17.5 Å². The minimum atomic E-state index is -4.02. The lowest BCUT2D eigenvalue weighted by molar-refractivity contribution is -0.122. The van der Waals surface area contributed by atoms with E-state index < -0.39 is 28.3 Å². The van der Waals surface area contributed by atoms with Crippen LogP contribution in [-0.4, -0.2) is 25.2 Å². The zero-order valence-electron chi connectivity index (χ0n) is 19.6. The third kappa shape index (κ3) is 6.23. The first-order valence-corrected chi connectivity index (χ1v) is 12.7. The Kier molecular flexibility index (Phi) is 8.13. The lowest BCUT2D eigenvalue weighted by Crippen LogP contribution is -2.41. The molecule has 34 heavy (non-hydrogen) atoms. The van der Waals surface area contributed by atoms with Gasteiger partial charge in [-0.05, 0) is 91.9 Å². The number of halogens is 2. The molecule has 3 aromatic carbocycles. The highest BCUT2D eigenvalue weighted by Gasteiger charge is 2.27. The van der Waals surface area contributed by atoms with E-state index >= 15 is 0 Å². The van der Waals surface area contributed by atoms with Crippen LogP contribution in [0, 0.1) is 26.6 Å². The normalized spacial score (nSPS) is 12.6. The van der Waals surface area contributed by atoms with Crippen LogP contribution in [0.4, 0.5) is 4.39 Å². The van der Waals surface area contributed by atoms with Gasteiger partial charge in [-0.15, -0.1) is 0 Å². The molecule has 0 unspecified atom stereocenters. The van der Waals surface area contributed by atoms with Crippen molar-refractivity contribution in [3.05, 3.63) is 99.3 Å². The summed E-state index contributed by atoms with van der Waals surface area (Å²) in [5.74, 6) is -0.865. The van der Waals surface area contributed by atoms with Gasteiger partial charge in [0, 0.05) is 11.6 Å². The van der Waals surface area contributed by atoms with Crippen LogP contribution in [0.3, 0.4) is 0 Å². The molecule has 0 bridgehead atoms. The van der Waals surface area contributed by atoms with E-state index in [9.17, 15) is 17.6 Å². The number of carbonyl (C=O) groups is 1. The maximum Gasteiger partial charge on any atom is 0.243 e. The molecule has 5 nitrogen and oxygen atoms in total. The number of nitrogens with zero attached hydrogens (tertiary/aromatic N) is 1. The highest BCUT2D eigenvalue weighted by Crippen LogP contribution is 2.23. The molecule has 1 atom stereocenters. The molecule has 0 aliphatic heterocycles. The minimum Gasteiger partial charge on any atom is -0.348 e. The first-order valence-electron chi connectivity index (χ1n) is 10.8. The lowest BCUT2D eigenvalue weighted by Gasteiger charge is -2.24. The van der Waals surface area contributed by atoms with Gasteiger partial charge in [0.15, 0.2) is 0 Å². The molecule has 0 saturated heterocycles. The van der Waals surface area contributed by atoms with Crippen LogP contribution in [0.1, 0.15) is 40.8 Å². The fraction of sp³-hybridized carbons (Fsp3) is 0.269. The van der Waals surface area contributed by atoms with Gasteiger partial charge in [-0.3, -0.25) is 4.79 Å². The molecule has 3 aromatic rings. The Morgan fingerprint density at radius 3 is 2.18 bits per heavy atom. The summed E-state index contributed by atoms with van der Waals surface area (Å²) in [5.41, 5.74) is 4.86. The number of nitrogens with one attached hydrogen (secondary N) is 1. The van der Waals surface area contributed by atoms with Crippen molar-refractivity contribution in [2.45, 2.75) is 45.2 Å². The van der Waals surface area contributed by atoms with Gasteiger partial charge in [-0.2, -0.15) is 4.31 Å². The Balaban J connectivity index is 1.85. The summed E-state index contributed by atoms with van der Waals surface area (Å²) in [5, 5.41) is 3.32. The number of hydrogen-bond donors (Lipinski definition) is 1. The maximum atomic E-state index is 13.4. The van der Waals surface area contributed by atoms with Crippen LogP contribution in [0.5, 0.6) is 0 Å². The standard InChI is InChI=1S/C26H28ClFN2O3S/c1-17-13-19(3)25(14-18(17)2)20(4)29-26(31)16-30(15-21-5-9-23(28)10-6-21)34(32,33)24-11-7-22(27)8-12-24/h5-14,20H,15-16H2,1-4H3,(H,29,31)/t20-/m1/s1. The van der Waals surface area contributed by atoms with E-state index in [1.165, 1.54) is 54.1 Å². The van der Waals surface area contributed by atoms with Crippen molar-refractivity contribution in [2.75, 3.05) is 6.54 Å². The van der Waals surface area contributed by atoms with Crippen LogP contribution in [0.25, 0.3) is 0 Å². The van der Waals surface area contributed by atoms with Crippen molar-refractivity contribution in [2.24, 2.45) is 0 Å². The second kappa shape index (κ2) is 10.7. The highest BCUT2D eigenvalue weighted by atomic mass is 35.5. The Morgan fingerprint density at radius 2 is 1.56 bits per heavy atom. The van der Waals surface area contributed by atoms with Crippen LogP contribution < -0.4 is 5.32 Å². The van der Waals surface area contributed by atoms with E-state index in [1.807, 2.05) is 33.8 Å². The average molecular weight is 503 g/mol. The second-order valence-corrected chi connectivity index (χ2v) is 10.8.